The Labute approximate surface area is 153 Å². The number of carbonyl (C=O) groups is 1. The number of nitrogens with one attached hydrogen (secondary N) is 2. The van der Waals surface area contributed by atoms with Gasteiger partial charge in [0.25, 0.3) is 0 Å². The summed E-state index contributed by atoms with van der Waals surface area (Å²) in [6.45, 7) is 4.16. The number of hydrogen-bond donors (Lipinski definition) is 2. The van der Waals surface area contributed by atoms with Gasteiger partial charge in [-0.25, -0.2) is 4.39 Å². The van der Waals surface area contributed by atoms with Crippen molar-refractivity contribution in [2.45, 2.75) is 6.04 Å². The van der Waals surface area contributed by atoms with E-state index in [9.17, 15) is 9.18 Å². The van der Waals surface area contributed by atoms with Crippen LogP contribution < -0.4 is 10.2 Å². The lowest BCUT2D eigenvalue weighted by molar-refractivity contribution is -0.909. The largest absolute Gasteiger partial charge is 0.370 e. The molecular weight excluding hydrogens is 331 g/mol. The first-order chi connectivity index (χ1) is 12.7. The molecule has 0 spiro atoms. The van der Waals surface area contributed by atoms with Gasteiger partial charge in [-0.2, -0.15) is 0 Å². The van der Waals surface area contributed by atoms with Crippen LogP contribution in [0.4, 0.5) is 4.39 Å². The standard InChI is InChI=1S/C21H23FN2O2/c22-19-9-5-4-6-17(19)10-11-21(25)23-20(18-7-2-1-3-8-18)16-24-12-14-26-15-13-24/h1-11,20H,12-16H2,(H,23,25)/p+1/b11-10+/t20-/m0/s1. The minimum atomic E-state index is -0.339. The highest BCUT2D eigenvalue weighted by atomic mass is 19.1. The summed E-state index contributed by atoms with van der Waals surface area (Å²) < 4.78 is 19.1. The zero-order chi connectivity index (χ0) is 18.2. The summed E-state index contributed by atoms with van der Waals surface area (Å²) in [6.07, 6.45) is 2.90. The average molecular weight is 355 g/mol. The van der Waals surface area contributed by atoms with Crippen LogP contribution >= 0.6 is 0 Å². The van der Waals surface area contributed by atoms with Gasteiger partial charge in [0.1, 0.15) is 31.5 Å². The fourth-order valence-electron chi connectivity index (χ4n) is 3.09. The molecule has 0 radical (unpaired) electrons. The Morgan fingerprint density at radius 2 is 1.81 bits per heavy atom. The van der Waals surface area contributed by atoms with E-state index < -0.39 is 0 Å². The number of hydrogen-bond acceptors (Lipinski definition) is 2. The molecule has 1 heterocycles. The molecule has 0 saturated carbocycles. The van der Waals surface area contributed by atoms with E-state index in [4.69, 9.17) is 4.74 Å². The second kappa shape index (κ2) is 9.27. The lowest BCUT2D eigenvalue weighted by Crippen LogP contribution is -3.14. The molecule has 1 aliphatic rings. The summed E-state index contributed by atoms with van der Waals surface area (Å²) >= 11 is 0. The van der Waals surface area contributed by atoms with Gasteiger partial charge in [-0.05, 0) is 17.7 Å². The first-order valence-electron chi connectivity index (χ1n) is 8.92. The normalized spacial score (nSPS) is 16.5. The van der Waals surface area contributed by atoms with Crippen molar-refractivity contribution >= 4 is 12.0 Å². The lowest BCUT2D eigenvalue weighted by atomic mass is 10.1. The molecule has 0 unspecified atom stereocenters. The Morgan fingerprint density at radius 1 is 1.12 bits per heavy atom. The third-order valence-corrected chi connectivity index (χ3v) is 4.53. The quantitative estimate of drug-likeness (QED) is 0.773. The molecule has 2 N–H and O–H groups in total. The molecule has 5 heteroatoms. The van der Waals surface area contributed by atoms with Crippen molar-refractivity contribution in [3.8, 4) is 0 Å². The summed E-state index contributed by atoms with van der Waals surface area (Å²) in [5.74, 6) is -0.566. The molecular formula is C21H24FN2O2+. The predicted molar refractivity (Wildman–Crippen MR) is 99.1 cm³/mol. The van der Waals surface area contributed by atoms with Gasteiger partial charge in [0.2, 0.25) is 5.91 Å². The van der Waals surface area contributed by atoms with Crippen LogP contribution in [0.3, 0.4) is 0 Å². The van der Waals surface area contributed by atoms with Gasteiger partial charge >= 0.3 is 0 Å². The predicted octanol–water partition coefficient (Wildman–Crippen LogP) is 1.61. The van der Waals surface area contributed by atoms with Crippen LogP contribution in [-0.4, -0.2) is 38.8 Å². The van der Waals surface area contributed by atoms with Crippen molar-refractivity contribution in [3.63, 3.8) is 0 Å². The summed E-state index contributed by atoms with van der Waals surface area (Å²) in [6, 6.07) is 16.2. The zero-order valence-electron chi connectivity index (χ0n) is 14.7. The number of rotatable bonds is 6. The van der Waals surface area contributed by atoms with Crippen molar-refractivity contribution in [2.24, 2.45) is 0 Å². The van der Waals surface area contributed by atoms with E-state index in [0.29, 0.717) is 5.56 Å². The van der Waals surface area contributed by atoms with Gasteiger partial charge in [-0.3, -0.25) is 4.79 Å². The maximum atomic E-state index is 13.7. The van der Waals surface area contributed by atoms with E-state index in [2.05, 4.69) is 5.32 Å². The molecule has 0 bridgehead atoms. The fourth-order valence-corrected chi connectivity index (χ4v) is 3.09. The molecule has 2 aromatic carbocycles. The average Bonchev–Trinajstić information content (AvgIpc) is 2.68. The van der Waals surface area contributed by atoms with Crippen molar-refractivity contribution in [2.75, 3.05) is 32.8 Å². The topological polar surface area (TPSA) is 42.8 Å². The molecule has 1 aliphatic heterocycles. The van der Waals surface area contributed by atoms with Crippen molar-refractivity contribution in [3.05, 3.63) is 77.6 Å². The second-order valence-electron chi connectivity index (χ2n) is 6.39. The van der Waals surface area contributed by atoms with Crippen molar-refractivity contribution in [1.29, 1.82) is 0 Å². The van der Waals surface area contributed by atoms with Crippen LogP contribution in [0.5, 0.6) is 0 Å². The van der Waals surface area contributed by atoms with Crippen molar-refractivity contribution in [1.82, 2.24) is 5.32 Å². The highest BCUT2D eigenvalue weighted by molar-refractivity contribution is 5.92. The Morgan fingerprint density at radius 3 is 2.54 bits per heavy atom. The SMILES string of the molecule is O=C(/C=C/c1ccccc1F)N[C@@H](C[NH+]1CCOCC1)c1ccccc1. The van der Waals surface area contributed by atoms with E-state index in [0.717, 1.165) is 38.4 Å². The molecule has 26 heavy (non-hydrogen) atoms. The molecule has 4 nitrogen and oxygen atoms in total. The number of carbonyl (C=O) groups excluding carboxylic acids is 1. The molecule has 1 saturated heterocycles. The number of morpholine rings is 1. The Balaban J connectivity index is 1.68. The molecule has 3 rings (SSSR count). The number of amides is 1. The molecule has 1 amide bonds. The van der Waals surface area contributed by atoms with E-state index in [1.807, 2.05) is 30.3 Å². The van der Waals surface area contributed by atoms with Gasteiger partial charge < -0.3 is 15.0 Å². The van der Waals surface area contributed by atoms with Crippen LogP contribution in [0.15, 0.2) is 60.7 Å². The van der Waals surface area contributed by atoms with Gasteiger partial charge in [0.05, 0.1) is 13.2 Å². The molecule has 2 aromatic rings. The first kappa shape index (κ1) is 18.3. The number of halogens is 1. The molecule has 136 valence electrons. The van der Waals surface area contributed by atoms with Crippen LogP contribution in [0.1, 0.15) is 17.2 Å². The highest BCUT2D eigenvalue weighted by Gasteiger charge is 2.22. The minimum absolute atomic E-state index is 0.0953. The van der Waals surface area contributed by atoms with Crippen LogP contribution in [-0.2, 0) is 9.53 Å². The third kappa shape index (κ3) is 5.25. The van der Waals surface area contributed by atoms with Crippen LogP contribution in [0, 0.1) is 5.82 Å². The maximum Gasteiger partial charge on any atom is 0.244 e. The maximum absolute atomic E-state index is 13.7. The highest BCUT2D eigenvalue weighted by Crippen LogP contribution is 2.12. The first-order valence-corrected chi connectivity index (χ1v) is 8.92. The van der Waals surface area contributed by atoms with E-state index >= 15 is 0 Å². The summed E-state index contributed by atoms with van der Waals surface area (Å²) in [5.41, 5.74) is 1.47. The van der Waals surface area contributed by atoms with Crippen LogP contribution in [0.2, 0.25) is 0 Å². The third-order valence-electron chi connectivity index (χ3n) is 4.53. The fraction of sp³-hybridized carbons (Fsp3) is 0.286. The summed E-state index contributed by atoms with van der Waals surface area (Å²) in [4.78, 5) is 13.8. The minimum Gasteiger partial charge on any atom is -0.370 e. The summed E-state index contributed by atoms with van der Waals surface area (Å²) in [5, 5.41) is 3.06. The molecule has 1 fully saturated rings. The number of benzene rings is 2. The summed E-state index contributed by atoms with van der Waals surface area (Å²) in [7, 11) is 0. The lowest BCUT2D eigenvalue weighted by Gasteiger charge is -2.28. The van der Waals surface area contributed by atoms with Gasteiger partial charge in [-0.1, -0.05) is 48.5 Å². The zero-order valence-corrected chi connectivity index (χ0v) is 14.7. The van der Waals surface area contributed by atoms with E-state index in [1.54, 1.807) is 18.2 Å². The van der Waals surface area contributed by atoms with E-state index in [-0.39, 0.29) is 17.8 Å². The molecule has 1 atom stereocenters. The smallest absolute Gasteiger partial charge is 0.244 e. The molecule has 0 aliphatic carbocycles. The Hall–Kier alpha value is -2.50. The van der Waals surface area contributed by atoms with Crippen LogP contribution in [0.25, 0.3) is 6.08 Å². The number of quaternary nitrogens is 1. The van der Waals surface area contributed by atoms with Gasteiger partial charge in [0.15, 0.2) is 0 Å². The molecule has 0 aromatic heterocycles. The van der Waals surface area contributed by atoms with Gasteiger partial charge in [0, 0.05) is 11.6 Å². The van der Waals surface area contributed by atoms with Crippen molar-refractivity contribution < 1.29 is 18.8 Å². The van der Waals surface area contributed by atoms with Gasteiger partial charge in [-0.15, -0.1) is 0 Å². The van der Waals surface area contributed by atoms with E-state index in [1.165, 1.54) is 23.1 Å². The number of ether oxygens (including phenoxy) is 1. The Bertz CT molecular complexity index is 743. The Kier molecular flexibility index (Phi) is 6.52. The monoisotopic (exact) mass is 355 g/mol. The second-order valence-corrected chi connectivity index (χ2v) is 6.39.